The lowest BCUT2D eigenvalue weighted by atomic mass is 9.96. The van der Waals surface area contributed by atoms with Gasteiger partial charge in [0.2, 0.25) is 0 Å². The summed E-state index contributed by atoms with van der Waals surface area (Å²) in [4.78, 5) is 22.4. The Labute approximate surface area is 154 Å². The van der Waals surface area contributed by atoms with Crippen molar-refractivity contribution in [3.63, 3.8) is 0 Å². The van der Waals surface area contributed by atoms with Gasteiger partial charge >= 0.3 is 11.9 Å². The van der Waals surface area contributed by atoms with Crippen molar-refractivity contribution < 1.29 is 28.5 Å². The molecule has 0 amide bonds. The van der Waals surface area contributed by atoms with Crippen molar-refractivity contribution in [2.75, 3.05) is 14.2 Å². The van der Waals surface area contributed by atoms with E-state index in [0.29, 0.717) is 6.42 Å². The molecule has 0 aliphatic heterocycles. The Hall–Kier alpha value is -2.76. The van der Waals surface area contributed by atoms with E-state index < -0.39 is 11.9 Å². The van der Waals surface area contributed by atoms with Gasteiger partial charge in [0.25, 0.3) is 0 Å². The number of hydrogen-bond donors (Lipinski definition) is 0. The molecule has 0 N–H and O–H groups in total. The van der Waals surface area contributed by atoms with Crippen molar-refractivity contribution in [2.45, 2.75) is 32.5 Å². The summed E-state index contributed by atoms with van der Waals surface area (Å²) >= 11 is 0. The lowest BCUT2D eigenvalue weighted by molar-refractivity contribution is -0.135. The number of benzene rings is 1. The maximum absolute atomic E-state index is 11.2. The SMILES string of the molecule is COC(=O)/C=C/O[C@@H](C[C@@H](O/C=C/C(=O)OC)C(C)C)c1ccccc1. The van der Waals surface area contributed by atoms with Crippen LogP contribution in [0.5, 0.6) is 0 Å². The standard InChI is InChI=1S/C20H26O6/c1-15(2)17(25-12-10-19(21)23-3)14-18(16-8-6-5-7-9-16)26-13-11-20(22)24-4/h5-13,15,17-18H,14H2,1-4H3/b12-10+,13-11+/t17-,18+/m1/s1. The number of rotatable bonds is 10. The second kappa shape index (κ2) is 11.7. The quantitative estimate of drug-likeness (QED) is 0.360. The van der Waals surface area contributed by atoms with Gasteiger partial charge in [0.15, 0.2) is 0 Å². The highest BCUT2D eigenvalue weighted by atomic mass is 16.5. The van der Waals surface area contributed by atoms with Crippen LogP contribution in [0.2, 0.25) is 0 Å². The number of hydrogen-bond acceptors (Lipinski definition) is 6. The number of esters is 2. The molecule has 0 unspecified atom stereocenters. The van der Waals surface area contributed by atoms with Crippen molar-refractivity contribution in [1.29, 1.82) is 0 Å². The third kappa shape index (κ3) is 7.88. The first kappa shape index (κ1) is 21.3. The minimum Gasteiger partial charge on any atom is -0.497 e. The minimum absolute atomic E-state index is 0.177. The van der Waals surface area contributed by atoms with Gasteiger partial charge in [0.05, 0.1) is 38.9 Å². The van der Waals surface area contributed by atoms with Crippen LogP contribution >= 0.6 is 0 Å². The molecule has 6 nitrogen and oxygen atoms in total. The predicted octanol–water partition coefficient (Wildman–Crippen LogP) is 3.55. The van der Waals surface area contributed by atoms with Crippen LogP contribution in [0.15, 0.2) is 55.0 Å². The van der Waals surface area contributed by atoms with E-state index in [2.05, 4.69) is 9.47 Å². The Balaban J connectivity index is 2.86. The van der Waals surface area contributed by atoms with Gasteiger partial charge in [-0.1, -0.05) is 44.2 Å². The fourth-order valence-corrected chi connectivity index (χ4v) is 2.16. The number of ether oxygens (including phenoxy) is 4. The van der Waals surface area contributed by atoms with Gasteiger partial charge in [-0.2, -0.15) is 0 Å². The monoisotopic (exact) mass is 362 g/mol. The smallest absolute Gasteiger partial charge is 0.333 e. The molecule has 0 aromatic heterocycles. The van der Waals surface area contributed by atoms with E-state index in [1.807, 2.05) is 44.2 Å². The Morgan fingerprint density at radius 2 is 1.46 bits per heavy atom. The molecule has 0 saturated carbocycles. The van der Waals surface area contributed by atoms with Gasteiger partial charge in [0, 0.05) is 6.42 Å². The first-order valence-electron chi connectivity index (χ1n) is 8.32. The Morgan fingerprint density at radius 1 is 0.923 bits per heavy atom. The topological polar surface area (TPSA) is 71.1 Å². The zero-order valence-electron chi connectivity index (χ0n) is 15.6. The highest BCUT2D eigenvalue weighted by molar-refractivity contribution is 5.81. The summed E-state index contributed by atoms with van der Waals surface area (Å²) in [7, 11) is 2.61. The van der Waals surface area contributed by atoms with Gasteiger partial charge in [-0.15, -0.1) is 0 Å². The molecule has 142 valence electrons. The fraction of sp³-hybridized carbons (Fsp3) is 0.400. The molecule has 0 aliphatic carbocycles. The molecule has 0 radical (unpaired) electrons. The summed E-state index contributed by atoms with van der Waals surface area (Å²) in [5.41, 5.74) is 0.952. The maximum atomic E-state index is 11.2. The highest BCUT2D eigenvalue weighted by Crippen LogP contribution is 2.27. The summed E-state index contributed by atoms with van der Waals surface area (Å²) in [5.74, 6) is -0.796. The average molecular weight is 362 g/mol. The Morgan fingerprint density at radius 3 is 1.96 bits per heavy atom. The summed E-state index contributed by atoms with van der Waals surface area (Å²) < 4.78 is 20.6. The molecule has 1 aromatic carbocycles. The minimum atomic E-state index is -0.491. The lowest BCUT2D eigenvalue weighted by Gasteiger charge is -2.26. The second-order valence-electron chi connectivity index (χ2n) is 5.84. The summed E-state index contributed by atoms with van der Waals surface area (Å²) in [5, 5.41) is 0. The van der Waals surface area contributed by atoms with Crippen LogP contribution in [0.1, 0.15) is 31.9 Å². The molecule has 6 heteroatoms. The number of carbonyl (C=O) groups is 2. The van der Waals surface area contributed by atoms with Crippen molar-refractivity contribution in [3.8, 4) is 0 Å². The van der Waals surface area contributed by atoms with Gasteiger partial charge in [-0.05, 0) is 11.5 Å². The predicted molar refractivity (Wildman–Crippen MR) is 96.9 cm³/mol. The molecule has 2 atom stereocenters. The van der Waals surface area contributed by atoms with Gasteiger partial charge in [-0.3, -0.25) is 0 Å². The zero-order valence-corrected chi connectivity index (χ0v) is 15.6. The fourth-order valence-electron chi connectivity index (χ4n) is 2.16. The van der Waals surface area contributed by atoms with Crippen LogP contribution in [-0.4, -0.2) is 32.3 Å². The summed E-state index contributed by atoms with van der Waals surface area (Å²) in [6, 6.07) is 9.63. The van der Waals surface area contributed by atoms with E-state index in [0.717, 1.165) is 5.56 Å². The normalized spacial score (nSPS) is 13.6. The molecule has 26 heavy (non-hydrogen) atoms. The third-order valence-corrected chi connectivity index (χ3v) is 3.67. The second-order valence-corrected chi connectivity index (χ2v) is 5.84. The summed E-state index contributed by atoms with van der Waals surface area (Å²) in [6.45, 7) is 4.03. The average Bonchev–Trinajstić information content (AvgIpc) is 2.65. The maximum Gasteiger partial charge on any atom is 0.333 e. The first-order chi connectivity index (χ1) is 12.5. The Kier molecular flexibility index (Phi) is 9.61. The lowest BCUT2D eigenvalue weighted by Crippen LogP contribution is -2.21. The van der Waals surface area contributed by atoms with Crippen LogP contribution in [0.4, 0.5) is 0 Å². The molecule has 0 spiro atoms. The number of carbonyl (C=O) groups excluding carboxylic acids is 2. The molecule has 0 aliphatic rings. The van der Waals surface area contributed by atoms with E-state index in [-0.39, 0.29) is 18.1 Å². The van der Waals surface area contributed by atoms with E-state index in [4.69, 9.17) is 9.47 Å². The molecule has 0 bridgehead atoms. The molecular formula is C20H26O6. The van der Waals surface area contributed by atoms with Gasteiger partial charge in [-0.25, -0.2) is 9.59 Å². The van der Waals surface area contributed by atoms with Crippen molar-refractivity contribution in [3.05, 3.63) is 60.6 Å². The zero-order chi connectivity index (χ0) is 19.4. The van der Waals surface area contributed by atoms with Gasteiger partial charge < -0.3 is 18.9 Å². The van der Waals surface area contributed by atoms with Gasteiger partial charge in [0.1, 0.15) is 12.2 Å². The van der Waals surface area contributed by atoms with Crippen LogP contribution in [-0.2, 0) is 28.5 Å². The first-order valence-corrected chi connectivity index (χ1v) is 8.32. The van der Waals surface area contributed by atoms with Crippen molar-refractivity contribution >= 4 is 11.9 Å². The summed E-state index contributed by atoms with van der Waals surface area (Å²) in [6.07, 6.45) is 5.11. The van der Waals surface area contributed by atoms with E-state index in [1.54, 1.807) is 0 Å². The van der Waals surface area contributed by atoms with Crippen LogP contribution in [0.25, 0.3) is 0 Å². The van der Waals surface area contributed by atoms with Crippen molar-refractivity contribution in [1.82, 2.24) is 0 Å². The third-order valence-electron chi connectivity index (χ3n) is 3.67. The molecular weight excluding hydrogens is 336 g/mol. The Bertz CT molecular complexity index is 606. The van der Waals surface area contributed by atoms with E-state index >= 15 is 0 Å². The molecule has 0 saturated heterocycles. The molecule has 1 rings (SSSR count). The molecule has 1 aromatic rings. The molecule has 0 heterocycles. The molecule has 0 fully saturated rings. The highest BCUT2D eigenvalue weighted by Gasteiger charge is 2.22. The van der Waals surface area contributed by atoms with Crippen LogP contribution < -0.4 is 0 Å². The van der Waals surface area contributed by atoms with E-state index in [9.17, 15) is 9.59 Å². The number of methoxy groups -OCH3 is 2. The largest absolute Gasteiger partial charge is 0.497 e. The van der Waals surface area contributed by atoms with Crippen LogP contribution in [0.3, 0.4) is 0 Å². The van der Waals surface area contributed by atoms with Crippen molar-refractivity contribution in [2.24, 2.45) is 5.92 Å². The van der Waals surface area contributed by atoms with E-state index in [1.165, 1.54) is 38.9 Å². The van der Waals surface area contributed by atoms with Crippen LogP contribution in [0, 0.1) is 5.92 Å².